The van der Waals surface area contributed by atoms with Gasteiger partial charge < -0.3 is 0 Å². The van der Waals surface area contributed by atoms with Crippen LogP contribution in [0.4, 0.5) is 0 Å². The molecular weight excluding hydrogens is 156 g/mol. The van der Waals surface area contributed by atoms with Gasteiger partial charge in [0.15, 0.2) is 0 Å². The second kappa shape index (κ2) is 3.81. The maximum Gasteiger partial charge on any atom is 0.0502 e. The minimum absolute atomic E-state index is 0. The van der Waals surface area contributed by atoms with Crippen molar-refractivity contribution < 1.29 is 0 Å². The van der Waals surface area contributed by atoms with Gasteiger partial charge in [0.05, 0.1) is 8.07 Å². The van der Waals surface area contributed by atoms with Crippen LogP contribution in [-0.4, -0.2) is 8.07 Å². The molecule has 0 saturated carbocycles. The molecule has 1 aliphatic rings. The van der Waals surface area contributed by atoms with E-state index in [1.165, 1.54) is 19.3 Å². The fourth-order valence-electron chi connectivity index (χ4n) is 1.67. The van der Waals surface area contributed by atoms with Gasteiger partial charge in [0.2, 0.25) is 0 Å². The van der Waals surface area contributed by atoms with Gasteiger partial charge in [-0.15, -0.1) is 0 Å². The Morgan fingerprint density at radius 1 is 1.20 bits per heavy atom. The molecule has 62 valence electrons. The van der Waals surface area contributed by atoms with E-state index in [1.54, 1.807) is 6.04 Å². The van der Waals surface area contributed by atoms with Gasteiger partial charge in [-0.2, -0.15) is 13.5 Å². The predicted octanol–water partition coefficient (Wildman–Crippen LogP) is 3.38. The minimum Gasteiger partial charge on any atom is -0.197 e. The molecule has 1 fully saturated rings. The van der Waals surface area contributed by atoms with E-state index in [0.29, 0.717) is 0 Å². The maximum absolute atomic E-state index is 2.54. The van der Waals surface area contributed by atoms with Gasteiger partial charge >= 0.3 is 0 Å². The van der Waals surface area contributed by atoms with Gasteiger partial charge in [-0.25, -0.2) is 0 Å². The molecule has 0 nitrogen and oxygen atoms in total. The van der Waals surface area contributed by atoms with E-state index in [2.05, 4.69) is 20.0 Å². The lowest BCUT2D eigenvalue weighted by Gasteiger charge is -2.34. The Balaban J connectivity index is 0.000000810. The molecule has 0 spiro atoms. The minimum atomic E-state index is -0.694. The summed E-state index contributed by atoms with van der Waals surface area (Å²) in [5, 5.41) is 0. The third-order valence-corrected chi connectivity index (χ3v) is 7.64. The average Bonchev–Trinajstić information content (AvgIpc) is 1.77. The van der Waals surface area contributed by atoms with Gasteiger partial charge in [-0.3, -0.25) is 0 Å². The first-order valence-corrected chi connectivity index (χ1v) is 7.41. The maximum atomic E-state index is 2.54. The monoisotopic (exact) mass is 176 g/mol. The van der Waals surface area contributed by atoms with Gasteiger partial charge in [-0.05, 0) is 5.54 Å². The molecule has 0 N–H and O–H groups in total. The lowest BCUT2D eigenvalue weighted by molar-refractivity contribution is 0.635. The zero-order valence-electron chi connectivity index (χ0n) is 7.41. The second-order valence-electron chi connectivity index (χ2n) is 4.14. The molecule has 0 bridgehead atoms. The van der Waals surface area contributed by atoms with E-state index in [-0.39, 0.29) is 13.5 Å². The molecule has 1 rings (SSSR count). The van der Waals surface area contributed by atoms with Gasteiger partial charge in [0, 0.05) is 0 Å². The van der Waals surface area contributed by atoms with Crippen LogP contribution in [0.15, 0.2) is 0 Å². The van der Waals surface area contributed by atoms with Crippen LogP contribution in [0.5, 0.6) is 0 Å². The molecule has 2 heteroatoms. The number of hydrogen-bond acceptors (Lipinski definition) is 0. The van der Waals surface area contributed by atoms with E-state index in [1.807, 2.05) is 0 Å². The summed E-state index contributed by atoms with van der Waals surface area (Å²) in [7, 11) is -0.694. The summed E-state index contributed by atoms with van der Waals surface area (Å²) >= 11 is 0. The molecule has 1 heterocycles. The van der Waals surface area contributed by atoms with E-state index in [4.69, 9.17) is 0 Å². The van der Waals surface area contributed by atoms with E-state index >= 15 is 0 Å². The molecule has 0 aromatic rings. The van der Waals surface area contributed by atoms with Crippen molar-refractivity contribution in [2.45, 2.75) is 50.9 Å². The van der Waals surface area contributed by atoms with Crippen LogP contribution < -0.4 is 0 Å². The first kappa shape index (κ1) is 10.6. The Kier molecular flexibility index (Phi) is 4.03. The van der Waals surface area contributed by atoms with Crippen LogP contribution >= 0.6 is 13.5 Å². The number of hydrogen-bond donors (Lipinski definition) is 0. The molecule has 1 saturated heterocycles. The topological polar surface area (TPSA) is 0 Å². The molecule has 1 aliphatic heterocycles. The highest BCUT2D eigenvalue weighted by atomic mass is 32.1. The van der Waals surface area contributed by atoms with Crippen molar-refractivity contribution in [3.05, 3.63) is 0 Å². The van der Waals surface area contributed by atoms with Crippen molar-refractivity contribution in [1.29, 1.82) is 0 Å². The summed E-state index contributed by atoms with van der Waals surface area (Å²) in [5.74, 6) is 0. The Labute approximate surface area is 72.9 Å². The molecule has 10 heavy (non-hydrogen) atoms. The van der Waals surface area contributed by atoms with Crippen LogP contribution in [0, 0.1) is 0 Å². The molecule has 0 aromatic carbocycles. The molecule has 0 aliphatic carbocycles. The SMILES string of the molecule is CC1CCCC[Si]1(C)C.S. The van der Waals surface area contributed by atoms with E-state index in [9.17, 15) is 0 Å². The highest BCUT2D eigenvalue weighted by Gasteiger charge is 2.30. The van der Waals surface area contributed by atoms with Crippen molar-refractivity contribution in [1.82, 2.24) is 0 Å². The average molecular weight is 176 g/mol. The fraction of sp³-hybridized carbons (Fsp3) is 1.00. The van der Waals surface area contributed by atoms with Crippen LogP contribution in [0.1, 0.15) is 26.2 Å². The third kappa shape index (κ3) is 2.31. The molecular formula is C8H20SSi. The second-order valence-corrected chi connectivity index (χ2v) is 9.60. The summed E-state index contributed by atoms with van der Waals surface area (Å²) < 4.78 is 0. The first-order chi connectivity index (χ1) is 4.13. The smallest absolute Gasteiger partial charge is 0.0502 e. The Morgan fingerprint density at radius 3 is 2.10 bits per heavy atom. The molecule has 0 radical (unpaired) electrons. The summed E-state index contributed by atoms with van der Waals surface area (Å²) in [6, 6.07) is 1.58. The van der Waals surface area contributed by atoms with Crippen LogP contribution in [0.2, 0.25) is 24.7 Å². The Morgan fingerprint density at radius 2 is 1.80 bits per heavy atom. The fourth-order valence-corrected chi connectivity index (χ4v) is 4.31. The highest BCUT2D eigenvalue weighted by Crippen LogP contribution is 2.36. The summed E-state index contributed by atoms with van der Waals surface area (Å²) in [4.78, 5) is 0. The standard InChI is InChI=1S/C8H18Si.H2S/c1-8-6-4-5-7-9(8,2)3;/h8H,4-7H2,1-3H3;1H2. The summed E-state index contributed by atoms with van der Waals surface area (Å²) in [6.07, 6.45) is 4.53. The normalized spacial score (nSPS) is 30.9. The molecule has 0 amide bonds. The van der Waals surface area contributed by atoms with Crippen LogP contribution in [0.25, 0.3) is 0 Å². The quantitative estimate of drug-likeness (QED) is 0.496. The van der Waals surface area contributed by atoms with Crippen molar-refractivity contribution >= 4 is 21.6 Å². The third-order valence-electron chi connectivity index (χ3n) is 3.04. The lowest BCUT2D eigenvalue weighted by atomic mass is 10.2. The highest BCUT2D eigenvalue weighted by molar-refractivity contribution is 7.59. The van der Waals surface area contributed by atoms with Crippen molar-refractivity contribution in [2.75, 3.05) is 0 Å². The Hall–Kier alpha value is 0.567. The van der Waals surface area contributed by atoms with Crippen molar-refractivity contribution in [3.8, 4) is 0 Å². The van der Waals surface area contributed by atoms with Gasteiger partial charge in [0.1, 0.15) is 0 Å². The van der Waals surface area contributed by atoms with Crippen LogP contribution in [-0.2, 0) is 0 Å². The largest absolute Gasteiger partial charge is 0.197 e. The molecule has 1 atom stereocenters. The first-order valence-electron chi connectivity index (χ1n) is 4.13. The zero-order chi connectivity index (χ0) is 6.91. The molecule has 1 unspecified atom stereocenters. The van der Waals surface area contributed by atoms with Gasteiger partial charge in [0.25, 0.3) is 0 Å². The van der Waals surface area contributed by atoms with Crippen LogP contribution in [0.3, 0.4) is 0 Å². The number of rotatable bonds is 0. The summed E-state index contributed by atoms with van der Waals surface area (Å²) in [6.45, 7) is 7.53. The van der Waals surface area contributed by atoms with Crippen molar-refractivity contribution in [3.63, 3.8) is 0 Å². The Bertz CT molecular complexity index is 101. The molecule has 0 aromatic heterocycles. The predicted molar refractivity (Wildman–Crippen MR) is 55.9 cm³/mol. The van der Waals surface area contributed by atoms with Gasteiger partial charge in [-0.1, -0.05) is 45.3 Å². The van der Waals surface area contributed by atoms with Crippen molar-refractivity contribution in [2.24, 2.45) is 0 Å². The van der Waals surface area contributed by atoms with E-state index in [0.717, 1.165) is 5.54 Å². The lowest BCUT2D eigenvalue weighted by Crippen LogP contribution is -2.33. The summed E-state index contributed by atoms with van der Waals surface area (Å²) in [5.41, 5.74) is 1.09. The van der Waals surface area contributed by atoms with E-state index < -0.39 is 8.07 Å². The zero-order valence-corrected chi connectivity index (χ0v) is 9.41.